The van der Waals surface area contributed by atoms with Crippen LogP contribution in [0.2, 0.25) is 0 Å². The van der Waals surface area contributed by atoms with Gasteiger partial charge in [0.15, 0.2) is 0 Å². The number of aromatic nitrogens is 1. The highest BCUT2D eigenvalue weighted by Gasteiger charge is 2.22. The number of nitrogens with zero attached hydrogens (tertiary/aromatic N) is 1. The van der Waals surface area contributed by atoms with Gasteiger partial charge < -0.3 is 20.9 Å². The Bertz CT molecular complexity index is 826. The summed E-state index contributed by atoms with van der Waals surface area (Å²) in [6, 6.07) is 8.41. The summed E-state index contributed by atoms with van der Waals surface area (Å²) in [6.45, 7) is 1.22. The van der Waals surface area contributed by atoms with E-state index in [0.717, 1.165) is 11.1 Å². The number of benzene rings is 1. The second-order valence-corrected chi connectivity index (χ2v) is 5.70. The number of nitrogens with one attached hydrogen (secondary N) is 2. The van der Waals surface area contributed by atoms with Crippen molar-refractivity contribution in [3.05, 3.63) is 69.1 Å². The van der Waals surface area contributed by atoms with E-state index in [1.54, 1.807) is 35.4 Å². The van der Waals surface area contributed by atoms with Gasteiger partial charge in [-0.1, -0.05) is 12.1 Å². The summed E-state index contributed by atoms with van der Waals surface area (Å²) in [7, 11) is 0. The third-order valence-corrected chi connectivity index (χ3v) is 4.13. The normalized spacial score (nSPS) is 13.2. The minimum Gasteiger partial charge on any atom is -0.366 e. The van der Waals surface area contributed by atoms with E-state index in [2.05, 4.69) is 10.3 Å². The third kappa shape index (κ3) is 3.29. The minimum atomic E-state index is -0.484. The van der Waals surface area contributed by atoms with E-state index in [1.807, 2.05) is 6.07 Å². The van der Waals surface area contributed by atoms with Crippen LogP contribution in [-0.2, 0) is 19.5 Å². The first-order valence-corrected chi connectivity index (χ1v) is 7.65. The molecular weight excluding hydrogens is 308 g/mol. The molecule has 0 unspecified atom stereocenters. The predicted molar refractivity (Wildman–Crippen MR) is 88.4 cm³/mol. The number of rotatable bonds is 3. The number of amides is 3. The zero-order valence-corrected chi connectivity index (χ0v) is 13.0. The second kappa shape index (κ2) is 6.57. The quantitative estimate of drug-likeness (QED) is 0.774. The number of primary amides is 1. The summed E-state index contributed by atoms with van der Waals surface area (Å²) in [4.78, 5) is 39.4. The average Bonchev–Trinajstić information content (AvgIpc) is 2.60. The molecular formula is C17H18N4O3. The Hall–Kier alpha value is -3.09. The predicted octanol–water partition coefficient (Wildman–Crippen LogP) is 0.742. The number of nitrogens with two attached hydrogens (primary N) is 1. The van der Waals surface area contributed by atoms with Crippen molar-refractivity contribution in [2.75, 3.05) is 6.54 Å². The number of pyridine rings is 1. The standard InChI is InChI=1S/C17H18N4O3/c18-15(22)13-3-1-11(2-4-13)9-20-17(24)21-8-6-12-5-7-19-16(23)14(12)10-21/h1-5,7H,6,8-10H2,(H2,18,22)(H,19,23)(H,20,24). The number of urea groups is 1. The van der Waals surface area contributed by atoms with Crippen molar-refractivity contribution in [1.29, 1.82) is 0 Å². The smallest absolute Gasteiger partial charge is 0.317 e. The highest BCUT2D eigenvalue weighted by molar-refractivity contribution is 5.92. The summed E-state index contributed by atoms with van der Waals surface area (Å²) in [6.07, 6.45) is 2.30. The maximum absolute atomic E-state index is 12.3. The van der Waals surface area contributed by atoms with Crippen molar-refractivity contribution in [2.45, 2.75) is 19.5 Å². The Morgan fingerprint density at radius 2 is 1.96 bits per heavy atom. The van der Waals surface area contributed by atoms with E-state index in [9.17, 15) is 14.4 Å². The summed E-state index contributed by atoms with van der Waals surface area (Å²) in [5.41, 5.74) is 7.97. The van der Waals surface area contributed by atoms with Gasteiger partial charge in [0.1, 0.15) is 0 Å². The molecule has 0 atom stereocenters. The lowest BCUT2D eigenvalue weighted by Gasteiger charge is -2.28. The number of H-pyrrole nitrogens is 1. The van der Waals surface area contributed by atoms with Crippen LogP contribution in [0.3, 0.4) is 0 Å². The fraction of sp³-hybridized carbons (Fsp3) is 0.235. The zero-order chi connectivity index (χ0) is 17.1. The number of hydrogen-bond donors (Lipinski definition) is 3. The SMILES string of the molecule is NC(=O)c1ccc(CNC(=O)N2CCc3cc[nH]c(=O)c3C2)cc1. The van der Waals surface area contributed by atoms with Crippen LogP contribution in [0, 0.1) is 0 Å². The van der Waals surface area contributed by atoms with E-state index < -0.39 is 5.91 Å². The van der Waals surface area contributed by atoms with Gasteiger partial charge >= 0.3 is 6.03 Å². The van der Waals surface area contributed by atoms with Gasteiger partial charge in [-0.3, -0.25) is 9.59 Å². The Labute approximate surface area is 138 Å². The minimum absolute atomic E-state index is 0.146. The summed E-state index contributed by atoms with van der Waals surface area (Å²) < 4.78 is 0. The molecule has 1 aromatic heterocycles. The van der Waals surface area contributed by atoms with Crippen LogP contribution in [0.15, 0.2) is 41.3 Å². The maximum atomic E-state index is 12.3. The van der Waals surface area contributed by atoms with Crippen molar-refractivity contribution >= 4 is 11.9 Å². The lowest BCUT2D eigenvalue weighted by molar-refractivity contribution is 0.1000. The third-order valence-electron chi connectivity index (χ3n) is 4.13. The Morgan fingerprint density at radius 3 is 2.67 bits per heavy atom. The van der Waals surface area contributed by atoms with E-state index in [0.29, 0.717) is 37.2 Å². The van der Waals surface area contributed by atoms with Gasteiger partial charge in [0.2, 0.25) is 5.91 Å². The van der Waals surface area contributed by atoms with Crippen LogP contribution in [-0.4, -0.2) is 28.4 Å². The number of fused-ring (bicyclic) bond motifs is 1. The molecule has 24 heavy (non-hydrogen) atoms. The fourth-order valence-corrected chi connectivity index (χ4v) is 2.73. The van der Waals surface area contributed by atoms with Gasteiger partial charge in [0, 0.05) is 30.4 Å². The number of hydrogen-bond acceptors (Lipinski definition) is 3. The molecule has 0 saturated heterocycles. The highest BCUT2D eigenvalue weighted by Crippen LogP contribution is 2.14. The summed E-state index contributed by atoms with van der Waals surface area (Å²) in [5, 5.41) is 2.83. The molecule has 1 aromatic carbocycles. The molecule has 7 heteroatoms. The lowest BCUT2D eigenvalue weighted by atomic mass is 10.0. The Kier molecular flexibility index (Phi) is 4.33. The molecule has 3 rings (SSSR count). The van der Waals surface area contributed by atoms with E-state index in [4.69, 9.17) is 5.73 Å². The Morgan fingerprint density at radius 1 is 1.21 bits per heavy atom. The van der Waals surface area contributed by atoms with Crippen LogP contribution in [0.5, 0.6) is 0 Å². The van der Waals surface area contributed by atoms with Gasteiger partial charge in [-0.15, -0.1) is 0 Å². The summed E-state index contributed by atoms with van der Waals surface area (Å²) >= 11 is 0. The Balaban J connectivity index is 1.61. The maximum Gasteiger partial charge on any atom is 0.317 e. The number of carbonyl (C=O) groups excluding carboxylic acids is 2. The van der Waals surface area contributed by atoms with Crippen LogP contribution >= 0.6 is 0 Å². The van der Waals surface area contributed by atoms with E-state index >= 15 is 0 Å². The topological polar surface area (TPSA) is 108 Å². The molecule has 2 heterocycles. The molecule has 0 radical (unpaired) electrons. The van der Waals surface area contributed by atoms with Crippen LogP contribution in [0.25, 0.3) is 0 Å². The van der Waals surface area contributed by atoms with E-state index in [-0.39, 0.29) is 11.6 Å². The average molecular weight is 326 g/mol. The second-order valence-electron chi connectivity index (χ2n) is 5.70. The van der Waals surface area contributed by atoms with Gasteiger partial charge in [-0.05, 0) is 35.7 Å². The lowest BCUT2D eigenvalue weighted by Crippen LogP contribution is -2.44. The van der Waals surface area contributed by atoms with Crippen molar-refractivity contribution in [3.63, 3.8) is 0 Å². The molecule has 2 aromatic rings. The molecule has 0 aliphatic carbocycles. The first-order chi connectivity index (χ1) is 11.5. The molecule has 3 amide bonds. The zero-order valence-electron chi connectivity index (χ0n) is 13.0. The van der Waals surface area contributed by atoms with Crippen LogP contribution in [0.1, 0.15) is 27.0 Å². The highest BCUT2D eigenvalue weighted by atomic mass is 16.2. The molecule has 1 aliphatic heterocycles. The molecule has 0 saturated carbocycles. The molecule has 0 spiro atoms. The summed E-state index contributed by atoms with van der Waals surface area (Å²) in [5.74, 6) is -0.484. The van der Waals surface area contributed by atoms with Crippen LogP contribution in [0.4, 0.5) is 4.79 Å². The monoisotopic (exact) mass is 326 g/mol. The molecule has 1 aliphatic rings. The van der Waals surface area contributed by atoms with Gasteiger partial charge in [-0.25, -0.2) is 4.79 Å². The van der Waals surface area contributed by atoms with E-state index in [1.165, 1.54) is 0 Å². The molecule has 0 bridgehead atoms. The molecule has 0 fully saturated rings. The van der Waals surface area contributed by atoms with Gasteiger partial charge in [0.05, 0.1) is 6.54 Å². The van der Waals surface area contributed by atoms with Gasteiger partial charge in [0.25, 0.3) is 5.56 Å². The number of carbonyl (C=O) groups is 2. The molecule has 4 N–H and O–H groups in total. The fourth-order valence-electron chi connectivity index (χ4n) is 2.73. The number of aromatic amines is 1. The molecule has 124 valence electrons. The molecule has 7 nitrogen and oxygen atoms in total. The van der Waals surface area contributed by atoms with Gasteiger partial charge in [-0.2, -0.15) is 0 Å². The van der Waals surface area contributed by atoms with Crippen molar-refractivity contribution in [2.24, 2.45) is 5.73 Å². The first kappa shape index (κ1) is 15.8. The van der Waals surface area contributed by atoms with Crippen molar-refractivity contribution in [1.82, 2.24) is 15.2 Å². The van der Waals surface area contributed by atoms with Crippen LogP contribution < -0.4 is 16.6 Å². The van der Waals surface area contributed by atoms with Crippen molar-refractivity contribution in [3.8, 4) is 0 Å². The van der Waals surface area contributed by atoms with Crippen molar-refractivity contribution < 1.29 is 9.59 Å². The first-order valence-electron chi connectivity index (χ1n) is 7.65. The largest absolute Gasteiger partial charge is 0.366 e.